The van der Waals surface area contributed by atoms with Gasteiger partial charge >= 0.3 is 6.18 Å². The predicted molar refractivity (Wildman–Crippen MR) is 149 cm³/mol. The van der Waals surface area contributed by atoms with Crippen LogP contribution in [0.25, 0.3) is 0 Å². The number of hydrogen-bond donors (Lipinski definition) is 1. The minimum atomic E-state index is -4.59. The van der Waals surface area contributed by atoms with Gasteiger partial charge in [0.15, 0.2) is 0 Å². The Balaban J connectivity index is 1.15. The third-order valence-electron chi connectivity index (χ3n) is 9.46. The van der Waals surface area contributed by atoms with Crippen molar-refractivity contribution in [3.63, 3.8) is 0 Å². The molecule has 0 aromatic heterocycles. The summed E-state index contributed by atoms with van der Waals surface area (Å²) < 4.78 is 48.7. The number of nitrogens with one attached hydrogen (secondary N) is 1. The molecule has 2 aromatic rings. The van der Waals surface area contributed by atoms with Gasteiger partial charge in [-0.2, -0.15) is 18.3 Å². The van der Waals surface area contributed by atoms with E-state index in [9.17, 15) is 22.8 Å². The van der Waals surface area contributed by atoms with Gasteiger partial charge in [-0.15, -0.1) is 0 Å². The molecule has 0 bridgehead atoms. The summed E-state index contributed by atoms with van der Waals surface area (Å²) in [7, 11) is 1.94. The molecule has 7 rings (SSSR count). The molecule has 1 N–H and O–H groups in total. The van der Waals surface area contributed by atoms with E-state index < -0.39 is 17.6 Å². The Hall–Kier alpha value is -3.64. The summed E-state index contributed by atoms with van der Waals surface area (Å²) in [4.78, 5) is 33.2. The molecule has 2 atom stereocenters. The lowest BCUT2D eigenvalue weighted by atomic mass is 9.74. The molecule has 9 nitrogen and oxygen atoms in total. The van der Waals surface area contributed by atoms with Crippen molar-refractivity contribution in [1.82, 2.24) is 20.1 Å². The molecule has 12 heteroatoms. The summed E-state index contributed by atoms with van der Waals surface area (Å²) in [5.74, 6) is -0.274. The van der Waals surface area contributed by atoms with E-state index in [0.29, 0.717) is 57.1 Å². The van der Waals surface area contributed by atoms with Gasteiger partial charge in [0.1, 0.15) is 12.5 Å². The van der Waals surface area contributed by atoms with Gasteiger partial charge in [0.25, 0.3) is 5.91 Å². The van der Waals surface area contributed by atoms with Gasteiger partial charge in [-0.1, -0.05) is 12.1 Å². The highest BCUT2D eigenvalue weighted by Gasteiger charge is 2.45. The molecule has 0 aliphatic carbocycles. The van der Waals surface area contributed by atoms with Crippen molar-refractivity contribution in [2.45, 2.75) is 56.2 Å². The third-order valence-corrected chi connectivity index (χ3v) is 9.46. The van der Waals surface area contributed by atoms with Gasteiger partial charge in [0.2, 0.25) is 5.91 Å². The zero-order valence-electron chi connectivity index (χ0n) is 23.4. The smallest absolute Gasteiger partial charge is 0.379 e. The molecule has 0 spiro atoms. The zero-order valence-corrected chi connectivity index (χ0v) is 23.4. The largest absolute Gasteiger partial charge is 0.416 e. The molecular weight excluding hydrogens is 549 g/mol. The van der Waals surface area contributed by atoms with Gasteiger partial charge < -0.3 is 19.4 Å². The lowest BCUT2D eigenvalue weighted by molar-refractivity contribution is -0.138. The summed E-state index contributed by atoms with van der Waals surface area (Å²) in [5.41, 5.74) is 4.20. The Morgan fingerprint density at radius 2 is 1.98 bits per heavy atom. The topological polar surface area (TPSA) is 80.7 Å². The van der Waals surface area contributed by atoms with Crippen molar-refractivity contribution >= 4 is 23.8 Å². The highest BCUT2D eigenvalue weighted by atomic mass is 19.4. The van der Waals surface area contributed by atoms with E-state index in [1.54, 1.807) is 18.5 Å². The van der Waals surface area contributed by atoms with Crippen LogP contribution in [0.4, 0.5) is 18.9 Å². The van der Waals surface area contributed by atoms with Crippen molar-refractivity contribution in [3.05, 3.63) is 64.2 Å². The Morgan fingerprint density at radius 3 is 2.69 bits per heavy atom. The maximum atomic E-state index is 14.4. The van der Waals surface area contributed by atoms with Crippen molar-refractivity contribution in [1.29, 1.82) is 0 Å². The number of piperazine rings is 1. The molecule has 42 heavy (non-hydrogen) atoms. The van der Waals surface area contributed by atoms with Crippen molar-refractivity contribution in [2.75, 3.05) is 44.8 Å². The monoisotopic (exact) mass is 582 g/mol. The van der Waals surface area contributed by atoms with Gasteiger partial charge in [0.05, 0.1) is 25.3 Å². The lowest BCUT2D eigenvalue weighted by Gasteiger charge is -2.44. The van der Waals surface area contributed by atoms with E-state index in [1.165, 1.54) is 11.0 Å². The summed E-state index contributed by atoms with van der Waals surface area (Å²) >= 11 is 0. The van der Waals surface area contributed by atoms with E-state index in [-0.39, 0.29) is 41.2 Å². The number of hydrazone groups is 1. The van der Waals surface area contributed by atoms with Crippen LogP contribution >= 0.6 is 0 Å². The molecule has 5 aliphatic rings. The first-order valence-electron chi connectivity index (χ1n) is 14.4. The van der Waals surface area contributed by atoms with E-state index in [1.807, 2.05) is 35.0 Å². The summed E-state index contributed by atoms with van der Waals surface area (Å²) in [6, 6.07) is 10.5. The van der Waals surface area contributed by atoms with Crippen LogP contribution in [0.15, 0.2) is 41.5 Å². The Bertz CT molecular complexity index is 1460. The van der Waals surface area contributed by atoms with Crippen LogP contribution in [0.5, 0.6) is 0 Å². The highest BCUT2D eigenvalue weighted by Crippen LogP contribution is 2.42. The standard InChI is InChI=1S/C30H33F3N6O3/c1-36-18-34-35-26(36)12-29(16-42-17-29)20-3-2-4-21(11-20)39-15-24-23(28(39)41)9-19(10-25(24)30(31,32)33)13-37-7-8-38-22(14-37)5-6-27(38)40/h2-4,9-11,18,22,26,35H,5-8,12-17H2,1H3. The molecule has 0 saturated carbocycles. The van der Waals surface area contributed by atoms with Gasteiger partial charge in [-0.3, -0.25) is 19.9 Å². The number of anilines is 1. The van der Waals surface area contributed by atoms with E-state index in [2.05, 4.69) is 15.4 Å². The van der Waals surface area contributed by atoms with Gasteiger partial charge in [0, 0.05) is 68.8 Å². The average molecular weight is 583 g/mol. The fraction of sp³-hybridized carbons (Fsp3) is 0.500. The van der Waals surface area contributed by atoms with E-state index in [4.69, 9.17) is 4.74 Å². The first-order valence-corrected chi connectivity index (χ1v) is 14.4. The highest BCUT2D eigenvalue weighted by molar-refractivity contribution is 6.10. The molecule has 3 fully saturated rings. The molecular formula is C30H33F3N6O3. The SMILES string of the molecule is CN1C=NNC1CC1(c2cccc(N3Cc4c(cc(CN5CCN6C(=O)CCC6C5)cc4C(F)(F)F)C3=O)c2)COC1. The fourth-order valence-corrected chi connectivity index (χ4v) is 7.05. The number of rotatable bonds is 6. The fourth-order valence-electron chi connectivity index (χ4n) is 7.05. The summed E-state index contributed by atoms with van der Waals surface area (Å²) in [6.45, 7) is 2.99. The maximum absolute atomic E-state index is 14.4. The molecule has 3 saturated heterocycles. The number of benzene rings is 2. The third kappa shape index (κ3) is 4.60. The molecule has 0 radical (unpaired) electrons. The average Bonchev–Trinajstić information content (AvgIpc) is 3.62. The molecule has 2 aromatic carbocycles. The number of alkyl halides is 3. The normalized spacial score (nSPS) is 25.1. The van der Waals surface area contributed by atoms with Crippen molar-refractivity contribution in [3.8, 4) is 0 Å². The second-order valence-electron chi connectivity index (χ2n) is 12.2. The van der Waals surface area contributed by atoms with Crippen LogP contribution < -0.4 is 10.3 Å². The number of carbonyl (C=O) groups excluding carboxylic acids is 2. The summed E-state index contributed by atoms with van der Waals surface area (Å²) in [6.07, 6.45) is -0.833. The number of ether oxygens (including phenoxy) is 1. The second-order valence-corrected chi connectivity index (χ2v) is 12.2. The van der Waals surface area contributed by atoms with Crippen LogP contribution in [0.2, 0.25) is 0 Å². The quantitative estimate of drug-likeness (QED) is 0.564. The first kappa shape index (κ1) is 27.2. The van der Waals surface area contributed by atoms with Gasteiger partial charge in [-0.05, 0) is 47.4 Å². The lowest BCUT2D eigenvalue weighted by Crippen LogP contribution is -2.52. The number of nitrogens with zero attached hydrogens (tertiary/aromatic N) is 5. The number of halogens is 3. The van der Waals surface area contributed by atoms with Crippen LogP contribution in [0.3, 0.4) is 0 Å². The number of fused-ring (bicyclic) bond motifs is 2. The maximum Gasteiger partial charge on any atom is 0.416 e. The summed E-state index contributed by atoms with van der Waals surface area (Å²) in [5, 5.41) is 4.13. The van der Waals surface area contributed by atoms with E-state index in [0.717, 1.165) is 18.4 Å². The number of amides is 2. The van der Waals surface area contributed by atoms with Crippen LogP contribution in [-0.4, -0.2) is 85.0 Å². The minimum absolute atomic E-state index is 0.000119. The molecule has 222 valence electrons. The zero-order chi connectivity index (χ0) is 29.2. The molecule has 5 aliphatic heterocycles. The Kier molecular flexibility index (Phi) is 6.46. The Morgan fingerprint density at radius 1 is 1.14 bits per heavy atom. The van der Waals surface area contributed by atoms with Crippen LogP contribution in [0.1, 0.15) is 51.9 Å². The van der Waals surface area contributed by atoms with Crippen LogP contribution in [-0.2, 0) is 34.2 Å². The van der Waals surface area contributed by atoms with Crippen LogP contribution in [0, 0.1) is 0 Å². The van der Waals surface area contributed by atoms with Crippen molar-refractivity contribution in [2.24, 2.45) is 5.10 Å². The van der Waals surface area contributed by atoms with Crippen molar-refractivity contribution < 1.29 is 27.5 Å². The van der Waals surface area contributed by atoms with Gasteiger partial charge in [-0.25, -0.2) is 0 Å². The molecule has 5 heterocycles. The number of carbonyl (C=O) groups is 2. The van der Waals surface area contributed by atoms with E-state index >= 15 is 0 Å². The first-order chi connectivity index (χ1) is 20.1. The number of hydrogen-bond acceptors (Lipinski definition) is 7. The Labute approximate surface area is 241 Å². The predicted octanol–water partition coefficient (Wildman–Crippen LogP) is 3.13. The molecule has 2 amide bonds. The minimum Gasteiger partial charge on any atom is -0.379 e. The molecule has 2 unspecified atom stereocenters. The second kappa shape index (κ2) is 9.98.